The average molecular weight is 394 g/mol. The van der Waals surface area contributed by atoms with E-state index in [1.54, 1.807) is 12.1 Å². The zero-order chi connectivity index (χ0) is 15.0. The number of benzene rings is 2. The van der Waals surface area contributed by atoms with Gasteiger partial charge in [0.05, 0.1) is 21.4 Å². The van der Waals surface area contributed by atoms with Crippen LogP contribution in [0.2, 0.25) is 0 Å². The van der Waals surface area contributed by atoms with Crippen LogP contribution in [0.15, 0.2) is 51.7 Å². The summed E-state index contributed by atoms with van der Waals surface area (Å²) in [7, 11) is 0. The first-order valence-electron chi connectivity index (χ1n) is 5.90. The summed E-state index contributed by atoms with van der Waals surface area (Å²) < 4.78 is 6.09. The predicted octanol–water partition coefficient (Wildman–Crippen LogP) is 3.37. The highest BCUT2D eigenvalue weighted by atomic mass is 127. The van der Waals surface area contributed by atoms with E-state index >= 15 is 0 Å². The fourth-order valence-corrected chi connectivity index (χ4v) is 2.54. The van der Waals surface area contributed by atoms with Crippen LogP contribution in [0.5, 0.6) is 0 Å². The third-order valence-corrected chi connectivity index (χ3v) is 3.87. The van der Waals surface area contributed by atoms with Crippen molar-refractivity contribution in [3.63, 3.8) is 0 Å². The third-order valence-electron chi connectivity index (χ3n) is 2.93. The number of aromatic nitrogens is 1. The van der Waals surface area contributed by atoms with Crippen molar-refractivity contribution >= 4 is 39.2 Å². The van der Waals surface area contributed by atoms with Crippen LogP contribution < -0.4 is 5.63 Å². The molecule has 1 heterocycles. The molecule has 3 rings (SSSR count). The maximum Gasteiger partial charge on any atom is 0.347 e. The van der Waals surface area contributed by atoms with Crippen molar-refractivity contribution in [3.8, 4) is 11.5 Å². The Hall–Kier alpha value is -2.29. The fraction of sp³-hybridized carbons (Fsp3) is 0. The van der Waals surface area contributed by atoms with Gasteiger partial charge in [0.1, 0.15) is 0 Å². The molecule has 0 atom stereocenters. The lowest BCUT2D eigenvalue weighted by molar-refractivity contribution is -0.384. The van der Waals surface area contributed by atoms with Gasteiger partial charge in [-0.3, -0.25) is 10.1 Å². The SMILES string of the molecule is O=c1oc(-c2ccccc2I)nc2cc([N+](=O)[O-])ccc12. The van der Waals surface area contributed by atoms with Gasteiger partial charge in [-0.25, -0.2) is 9.78 Å². The standard InChI is InChI=1S/C14H7IN2O4/c15-11-4-2-1-3-9(11)13-16-12-7-8(17(19)20)5-6-10(12)14(18)21-13/h1-7H. The molecule has 0 unspecified atom stereocenters. The number of hydrogen-bond donors (Lipinski definition) is 0. The second kappa shape index (κ2) is 5.24. The van der Waals surface area contributed by atoms with Crippen LogP contribution >= 0.6 is 22.6 Å². The van der Waals surface area contributed by atoms with Crippen LogP contribution in [0.25, 0.3) is 22.4 Å². The molecule has 0 aliphatic rings. The van der Waals surface area contributed by atoms with Crippen LogP contribution in [0, 0.1) is 13.7 Å². The van der Waals surface area contributed by atoms with Crippen molar-refractivity contribution in [2.75, 3.05) is 0 Å². The van der Waals surface area contributed by atoms with Gasteiger partial charge in [-0.15, -0.1) is 0 Å². The van der Waals surface area contributed by atoms with Crippen molar-refractivity contribution in [1.82, 2.24) is 4.98 Å². The van der Waals surface area contributed by atoms with Gasteiger partial charge in [-0.2, -0.15) is 0 Å². The molecular weight excluding hydrogens is 387 g/mol. The first kappa shape index (κ1) is 13.7. The number of fused-ring (bicyclic) bond motifs is 1. The summed E-state index contributed by atoms with van der Waals surface area (Å²) in [5.74, 6) is 0.151. The Morgan fingerprint density at radius 3 is 2.67 bits per heavy atom. The van der Waals surface area contributed by atoms with E-state index in [1.165, 1.54) is 18.2 Å². The van der Waals surface area contributed by atoms with Gasteiger partial charge in [0.15, 0.2) is 0 Å². The van der Waals surface area contributed by atoms with Gasteiger partial charge in [-0.05, 0) is 40.8 Å². The van der Waals surface area contributed by atoms with Crippen LogP contribution in [-0.2, 0) is 0 Å². The van der Waals surface area contributed by atoms with Gasteiger partial charge >= 0.3 is 5.63 Å². The van der Waals surface area contributed by atoms with Gasteiger partial charge in [0.25, 0.3) is 5.69 Å². The summed E-state index contributed by atoms with van der Waals surface area (Å²) in [6, 6.07) is 11.2. The monoisotopic (exact) mass is 394 g/mol. The number of nitrogens with zero attached hydrogens (tertiary/aromatic N) is 2. The molecule has 6 nitrogen and oxygen atoms in total. The highest BCUT2D eigenvalue weighted by Gasteiger charge is 2.14. The van der Waals surface area contributed by atoms with E-state index in [0.29, 0.717) is 5.56 Å². The number of nitro benzene ring substituents is 1. The summed E-state index contributed by atoms with van der Waals surface area (Å²) in [6.45, 7) is 0. The minimum atomic E-state index is -0.565. The Balaban J connectivity index is 2.29. The van der Waals surface area contributed by atoms with Crippen molar-refractivity contribution in [2.45, 2.75) is 0 Å². The summed E-state index contributed by atoms with van der Waals surface area (Å²) in [6.07, 6.45) is 0. The largest absolute Gasteiger partial charge is 0.403 e. The second-order valence-corrected chi connectivity index (χ2v) is 5.41. The first-order chi connectivity index (χ1) is 10.1. The molecule has 0 radical (unpaired) electrons. The van der Waals surface area contributed by atoms with Gasteiger partial charge in [-0.1, -0.05) is 12.1 Å². The summed E-state index contributed by atoms with van der Waals surface area (Å²) >= 11 is 2.11. The van der Waals surface area contributed by atoms with E-state index < -0.39 is 10.5 Å². The molecule has 0 bridgehead atoms. The molecule has 1 aromatic heterocycles. The molecule has 21 heavy (non-hydrogen) atoms. The lowest BCUT2D eigenvalue weighted by Gasteiger charge is -2.03. The van der Waals surface area contributed by atoms with Gasteiger partial charge < -0.3 is 4.42 Å². The number of rotatable bonds is 2. The molecule has 0 aliphatic carbocycles. The molecule has 3 aromatic rings. The molecular formula is C14H7IN2O4. The Morgan fingerprint density at radius 2 is 1.95 bits per heavy atom. The van der Waals surface area contributed by atoms with Gasteiger partial charge in [0, 0.05) is 15.7 Å². The van der Waals surface area contributed by atoms with E-state index in [0.717, 1.165) is 3.57 Å². The van der Waals surface area contributed by atoms with E-state index in [1.807, 2.05) is 12.1 Å². The molecule has 0 N–H and O–H groups in total. The zero-order valence-electron chi connectivity index (χ0n) is 10.4. The van der Waals surface area contributed by atoms with Gasteiger partial charge in [0.2, 0.25) is 5.89 Å². The fourth-order valence-electron chi connectivity index (χ4n) is 1.92. The van der Waals surface area contributed by atoms with Crippen molar-refractivity contribution in [1.29, 1.82) is 0 Å². The summed E-state index contributed by atoms with van der Waals surface area (Å²) in [4.78, 5) is 26.5. The lowest BCUT2D eigenvalue weighted by Crippen LogP contribution is -2.04. The van der Waals surface area contributed by atoms with Crippen molar-refractivity contribution in [2.24, 2.45) is 0 Å². The van der Waals surface area contributed by atoms with Crippen LogP contribution in [0.1, 0.15) is 0 Å². The van der Waals surface area contributed by atoms with Crippen LogP contribution in [0.4, 0.5) is 5.69 Å². The van der Waals surface area contributed by atoms with E-state index in [-0.39, 0.29) is 22.5 Å². The number of nitro groups is 1. The molecule has 0 amide bonds. The topological polar surface area (TPSA) is 86.2 Å². The Bertz CT molecular complexity index is 920. The Kier molecular flexibility index (Phi) is 3.42. The lowest BCUT2D eigenvalue weighted by atomic mass is 10.2. The molecule has 2 aromatic carbocycles. The van der Waals surface area contributed by atoms with Crippen LogP contribution in [0.3, 0.4) is 0 Å². The van der Waals surface area contributed by atoms with E-state index in [4.69, 9.17) is 4.42 Å². The number of hydrogen-bond acceptors (Lipinski definition) is 5. The number of non-ortho nitro benzene ring substituents is 1. The molecule has 0 fully saturated rings. The smallest absolute Gasteiger partial charge is 0.347 e. The quantitative estimate of drug-likeness (QED) is 0.378. The van der Waals surface area contributed by atoms with Crippen molar-refractivity contribution < 1.29 is 9.34 Å². The first-order valence-corrected chi connectivity index (χ1v) is 6.98. The molecule has 0 spiro atoms. The minimum Gasteiger partial charge on any atom is -0.403 e. The third kappa shape index (κ3) is 2.51. The molecule has 0 aliphatic heterocycles. The summed E-state index contributed by atoms with van der Waals surface area (Å²) in [5.41, 5.74) is 0.234. The Morgan fingerprint density at radius 1 is 1.19 bits per heavy atom. The molecule has 0 saturated heterocycles. The zero-order valence-corrected chi connectivity index (χ0v) is 12.6. The van der Waals surface area contributed by atoms with Crippen molar-refractivity contribution in [3.05, 3.63) is 66.6 Å². The van der Waals surface area contributed by atoms with E-state index in [2.05, 4.69) is 27.6 Å². The highest BCUT2D eigenvalue weighted by molar-refractivity contribution is 14.1. The minimum absolute atomic E-state index is 0.116. The molecule has 104 valence electrons. The normalized spacial score (nSPS) is 10.7. The number of halogens is 1. The van der Waals surface area contributed by atoms with Crippen LogP contribution in [-0.4, -0.2) is 9.91 Å². The van der Waals surface area contributed by atoms with E-state index in [9.17, 15) is 14.9 Å². The predicted molar refractivity (Wildman–Crippen MR) is 85.1 cm³/mol. The molecule has 7 heteroatoms. The highest BCUT2D eigenvalue weighted by Crippen LogP contribution is 2.25. The second-order valence-electron chi connectivity index (χ2n) is 4.24. The average Bonchev–Trinajstić information content (AvgIpc) is 2.47. The molecule has 0 saturated carbocycles. The maximum absolute atomic E-state index is 12.0. The summed E-state index contributed by atoms with van der Waals surface area (Å²) in [5, 5.41) is 11.0. The Labute approximate surface area is 131 Å². The maximum atomic E-state index is 12.0.